The van der Waals surface area contributed by atoms with Gasteiger partial charge in [-0.05, 0) is 145 Å². The number of rotatable bonds is 5. The molecule has 13 rings (SSSR count). The Morgan fingerprint density at radius 3 is 1.24 bits per heavy atom. The van der Waals surface area contributed by atoms with Gasteiger partial charge in [0, 0.05) is 5.41 Å². The van der Waals surface area contributed by atoms with Gasteiger partial charge in [0.1, 0.15) is 0 Å². The van der Waals surface area contributed by atoms with Gasteiger partial charge in [-0.25, -0.2) is 0 Å². The van der Waals surface area contributed by atoms with E-state index >= 15 is 0 Å². The lowest BCUT2D eigenvalue weighted by molar-refractivity contribution is 0.661. The first-order chi connectivity index (χ1) is 31.0. The van der Waals surface area contributed by atoms with Crippen LogP contribution >= 0.6 is 0 Å². The van der Waals surface area contributed by atoms with Gasteiger partial charge in [-0.2, -0.15) is 0 Å². The van der Waals surface area contributed by atoms with Crippen LogP contribution in [0.3, 0.4) is 0 Å². The predicted octanol–water partition coefficient (Wildman–Crippen LogP) is 17.4. The summed E-state index contributed by atoms with van der Waals surface area (Å²) in [6.45, 7) is 4.78. The molecule has 0 heterocycles. The fraction of sp³-hybridized carbons (Fsp3) is 0.0476. The highest BCUT2D eigenvalue weighted by atomic mass is 14.4. The number of fused-ring (bicyclic) bond motifs is 8. The number of hydrogen-bond donors (Lipinski definition) is 0. The maximum Gasteiger partial charge on any atom is 0.0159 e. The third-order valence-corrected chi connectivity index (χ3v) is 14.2. The summed E-state index contributed by atoms with van der Waals surface area (Å²) in [5.74, 6) is 0. The Balaban J connectivity index is 0.872. The largest absolute Gasteiger partial charge is 0.0622 e. The van der Waals surface area contributed by atoms with Crippen molar-refractivity contribution in [3.8, 4) is 89.0 Å². The Labute approximate surface area is 368 Å². The van der Waals surface area contributed by atoms with E-state index in [1.807, 2.05) is 0 Å². The van der Waals surface area contributed by atoms with Gasteiger partial charge in [0.05, 0.1) is 0 Å². The molecule has 0 aromatic heterocycles. The molecule has 0 bridgehead atoms. The first-order valence-electron chi connectivity index (χ1n) is 22.2. The second kappa shape index (κ2) is 13.6. The maximum absolute atomic E-state index is 2.45. The van der Waals surface area contributed by atoms with Crippen molar-refractivity contribution in [1.82, 2.24) is 0 Å². The van der Waals surface area contributed by atoms with E-state index in [1.54, 1.807) is 0 Å². The Bertz CT molecular complexity index is 3650. The summed E-state index contributed by atoms with van der Waals surface area (Å²) in [5.41, 5.74) is 23.2. The summed E-state index contributed by atoms with van der Waals surface area (Å²) in [6, 6.07) is 81.5. The average molecular weight is 799 g/mol. The van der Waals surface area contributed by atoms with Crippen molar-refractivity contribution in [2.45, 2.75) is 19.3 Å². The van der Waals surface area contributed by atoms with Crippen molar-refractivity contribution >= 4 is 32.3 Å². The molecule has 0 nitrogen and oxygen atoms in total. The first kappa shape index (κ1) is 35.9. The van der Waals surface area contributed by atoms with Crippen molar-refractivity contribution in [1.29, 1.82) is 0 Å². The number of hydrogen-bond acceptors (Lipinski definition) is 0. The normalized spacial score (nSPS) is 13.0. The van der Waals surface area contributed by atoms with E-state index in [0.717, 1.165) is 0 Å². The molecule has 11 aromatic rings. The quantitative estimate of drug-likeness (QED) is 0.163. The molecule has 0 N–H and O–H groups in total. The van der Waals surface area contributed by atoms with Gasteiger partial charge in [-0.1, -0.05) is 220 Å². The molecule has 0 radical (unpaired) electrons. The minimum Gasteiger partial charge on any atom is -0.0622 e. The van der Waals surface area contributed by atoms with E-state index in [9.17, 15) is 0 Å². The first-order valence-corrected chi connectivity index (χ1v) is 22.2. The fourth-order valence-electron chi connectivity index (χ4n) is 11.2. The van der Waals surface area contributed by atoms with E-state index in [4.69, 9.17) is 0 Å². The third-order valence-electron chi connectivity index (χ3n) is 14.2. The van der Waals surface area contributed by atoms with Crippen molar-refractivity contribution in [3.05, 3.63) is 230 Å². The smallest absolute Gasteiger partial charge is 0.0159 e. The molecular weight excluding hydrogens is 757 g/mol. The molecular formula is C63H42. The molecule has 2 aliphatic carbocycles. The second-order valence-electron chi connectivity index (χ2n) is 17.9. The lowest BCUT2D eigenvalue weighted by Gasteiger charge is -2.23. The minimum absolute atomic E-state index is 0.143. The van der Waals surface area contributed by atoms with Crippen LogP contribution in [0.15, 0.2) is 218 Å². The fourth-order valence-corrected chi connectivity index (χ4v) is 11.2. The summed E-state index contributed by atoms with van der Waals surface area (Å²) in [7, 11) is 0. The van der Waals surface area contributed by atoms with Gasteiger partial charge >= 0.3 is 0 Å². The molecule has 0 heteroatoms. The highest BCUT2D eigenvalue weighted by Gasteiger charge is 2.36. The molecule has 0 aliphatic heterocycles. The van der Waals surface area contributed by atoms with E-state index in [0.29, 0.717) is 0 Å². The zero-order chi connectivity index (χ0) is 41.8. The third kappa shape index (κ3) is 5.35. The molecule has 63 heavy (non-hydrogen) atoms. The molecule has 0 unspecified atom stereocenters. The zero-order valence-corrected chi connectivity index (χ0v) is 35.3. The van der Waals surface area contributed by atoms with Gasteiger partial charge < -0.3 is 0 Å². The molecule has 294 valence electrons. The van der Waals surface area contributed by atoms with Gasteiger partial charge in [-0.15, -0.1) is 0 Å². The standard InChI is InChI=1S/C63H42/c1-63(2)56-37-46(39-25-29-42(30-26-39)49-22-10-16-41-13-6-7-19-48(41)49)33-35-50(56)51-36-34-47(38-57(51)63)40-27-31-45(32-28-40)60-53-21-9-8-20-52(53)59(44-14-4-3-5-15-44)61-54-23-11-17-43-18-12-24-55(58(43)54)62(60)61/h3-38H,1-2H3. The molecule has 0 saturated heterocycles. The summed E-state index contributed by atoms with van der Waals surface area (Å²) in [4.78, 5) is 0. The van der Waals surface area contributed by atoms with Gasteiger partial charge in [-0.3, -0.25) is 0 Å². The van der Waals surface area contributed by atoms with Crippen LogP contribution in [-0.4, -0.2) is 0 Å². The Kier molecular flexibility index (Phi) is 7.75. The van der Waals surface area contributed by atoms with Crippen LogP contribution in [0.2, 0.25) is 0 Å². The monoisotopic (exact) mass is 798 g/mol. The van der Waals surface area contributed by atoms with Crippen LogP contribution in [0, 0.1) is 0 Å². The van der Waals surface area contributed by atoms with E-state index in [1.165, 1.54) is 132 Å². The van der Waals surface area contributed by atoms with E-state index < -0.39 is 0 Å². The summed E-state index contributed by atoms with van der Waals surface area (Å²) in [5, 5.41) is 7.76. The summed E-state index contributed by atoms with van der Waals surface area (Å²) >= 11 is 0. The molecule has 0 amide bonds. The molecule has 0 spiro atoms. The van der Waals surface area contributed by atoms with Gasteiger partial charge in [0.25, 0.3) is 0 Å². The lowest BCUT2D eigenvalue weighted by Crippen LogP contribution is -2.15. The molecule has 0 atom stereocenters. The summed E-state index contributed by atoms with van der Waals surface area (Å²) < 4.78 is 0. The van der Waals surface area contributed by atoms with Gasteiger partial charge in [0.2, 0.25) is 0 Å². The second-order valence-corrected chi connectivity index (χ2v) is 17.9. The highest BCUT2D eigenvalue weighted by molar-refractivity contribution is 6.27. The van der Waals surface area contributed by atoms with Crippen LogP contribution in [0.1, 0.15) is 25.0 Å². The van der Waals surface area contributed by atoms with Crippen molar-refractivity contribution in [2.75, 3.05) is 0 Å². The van der Waals surface area contributed by atoms with Crippen molar-refractivity contribution in [2.24, 2.45) is 0 Å². The van der Waals surface area contributed by atoms with Crippen LogP contribution in [-0.2, 0) is 5.41 Å². The number of benzene rings is 11. The topological polar surface area (TPSA) is 0 Å². The van der Waals surface area contributed by atoms with Crippen LogP contribution in [0.4, 0.5) is 0 Å². The van der Waals surface area contributed by atoms with Crippen LogP contribution in [0.5, 0.6) is 0 Å². The molecule has 0 saturated carbocycles. The lowest BCUT2D eigenvalue weighted by atomic mass is 9.80. The Morgan fingerprint density at radius 2 is 0.667 bits per heavy atom. The minimum atomic E-state index is -0.143. The van der Waals surface area contributed by atoms with Crippen LogP contribution in [0.25, 0.3) is 121 Å². The Morgan fingerprint density at radius 1 is 0.254 bits per heavy atom. The highest BCUT2D eigenvalue weighted by Crippen LogP contribution is 2.58. The maximum atomic E-state index is 2.45. The predicted molar refractivity (Wildman–Crippen MR) is 268 cm³/mol. The SMILES string of the molecule is CC1(C)c2cc(-c3ccc(-c4cccc5ccccc45)cc3)ccc2-c2ccc(-c3ccc(-c4c5c(c(-c6ccccc6)c6ccccc46)-c4cccc6cccc-5c46)cc3)cc21. The van der Waals surface area contributed by atoms with Crippen molar-refractivity contribution in [3.63, 3.8) is 0 Å². The van der Waals surface area contributed by atoms with Crippen molar-refractivity contribution < 1.29 is 0 Å². The van der Waals surface area contributed by atoms with E-state index in [2.05, 4.69) is 232 Å². The van der Waals surface area contributed by atoms with Crippen LogP contribution < -0.4 is 0 Å². The van der Waals surface area contributed by atoms with E-state index in [-0.39, 0.29) is 5.41 Å². The molecule has 11 aromatic carbocycles. The Hall–Kier alpha value is -7.80. The average Bonchev–Trinajstić information content (AvgIpc) is 3.79. The zero-order valence-electron chi connectivity index (χ0n) is 35.3. The summed E-state index contributed by atoms with van der Waals surface area (Å²) in [6.07, 6.45) is 0. The van der Waals surface area contributed by atoms with Gasteiger partial charge in [0.15, 0.2) is 0 Å². The molecule has 0 fully saturated rings. The molecule has 2 aliphatic rings.